The van der Waals surface area contributed by atoms with Gasteiger partial charge in [0.25, 0.3) is 15.7 Å². The molecule has 1 aromatic heterocycles. The quantitative estimate of drug-likeness (QED) is 0.434. The number of aryl methyl sites for hydroxylation is 1. The molecule has 2 aliphatic rings. The third-order valence-corrected chi connectivity index (χ3v) is 4.46. The molecule has 24 heavy (non-hydrogen) atoms. The van der Waals surface area contributed by atoms with E-state index < -0.39 is 51.4 Å². The van der Waals surface area contributed by atoms with Crippen molar-refractivity contribution in [1.82, 2.24) is 9.55 Å². The average Bonchev–Trinajstić information content (AvgIpc) is 2.89. The highest BCUT2D eigenvalue weighted by Gasteiger charge is 2.69. The number of ether oxygens (including phenoxy) is 2. The minimum atomic E-state index is -4.15. The number of aliphatic hydroxyl groups excluding tert-OH is 1. The van der Waals surface area contributed by atoms with Crippen molar-refractivity contribution in [2.75, 3.05) is 12.9 Å². The Kier molecular flexibility index (Phi) is 3.67. The van der Waals surface area contributed by atoms with Crippen molar-refractivity contribution >= 4 is 16.1 Å². The molecular weight excluding hydrogens is 348 g/mol. The summed E-state index contributed by atoms with van der Waals surface area (Å²) in [4.78, 5) is 37.5. The largest absolute Gasteiger partial charge is 0.460 e. The van der Waals surface area contributed by atoms with Gasteiger partial charge >= 0.3 is 11.7 Å². The van der Waals surface area contributed by atoms with E-state index in [1.165, 1.54) is 6.92 Å². The molecule has 0 aliphatic carbocycles. The van der Waals surface area contributed by atoms with Gasteiger partial charge in [0.05, 0.1) is 6.26 Å². The zero-order chi connectivity index (χ0) is 17.9. The summed E-state index contributed by atoms with van der Waals surface area (Å²) in [6.07, 6.45) is -2.68. The molecule has 2 fully saturated rings. The Hall–Kier alpha value is -2.02. The first-order valence-electron chi connectivity index (χ1n) is 6.79. The predicted molar refractivity (Wildman–Crippen MR) is 75.6 cm³/mol. The van der Waals surface area contributed by atoms with Crippen LogP contribution in [0.2, 0.25) is 0 Å². The first kappa shape index (κ1) is 16.8. The van der Waals surface area contributed by atoms with Crippen molar-refractivity contribution in [2.24, 2.45) is 0 Å². The zero-order valence-corrected chi connectivity index (χ0v) is 13.4. The molecular formula is C12H14N2O9S. The van der Waals surface area contributed by atoms with Gasteiger partial charge in [-0.2, -0.15) is 8.42 Å². The molecule has 1 aromatic rings. The normalized spacial score (nSPS) is 32.6. The van der Waals surface area contributed by atoms with Gasteiger partial charge in [0, 0.05) is 11.8 Å². The molecule has 0 radical (unpaired) electrons. The third-order valence-electron chi connectivity index (χ3n) is 3.89. The number of hydrogen-bond acceptors (Lipinski definition) is 9. The van der Waals surface area contributed by atoms with E-state index >= 15 is 0 Å². The summed E-state index contributed by atoms with van der Waals surface area (Å²) < 4.78 is 38.9. The Bertz CT molecular complexity index is 917. The molecule has 0 spiro atoms. The number of rotatable bonds is 3. The van der Waals surface area contributed by atoms with E-state index in [-0.39, 0.29) is 12.2 Å². The fourth-order valence-corrected chi connectivity index (χ4v) is 3.58. The van der Waals surface area contributed by atoms with Gasteiger partial charge in [-0.15, -0.1) is 0 Å². The topological polar surface area (TPSA) is 154 Å². The van der Waals surface area contributed by atoms with E-state index in [0.717, 1.165) is 10.8 Å². The van der Waals surface area contributed by atoms with Crippen molar-refractivity contribution in [3.63, 3.8) is 0 Å². The Balaban J connectivity index is 2.10. The van der Waals surface area contributed by atoms with Crippen LogP contribution in [0.1, 0.15) is 11.8 Å². The number of H-pyrrole nitrogens is 1. The summed E-state index contributed by atoms with van der Waals surface area (Å²) in [5.74, 6) is -1.11. The Morgan fingerprint density at radius 2 is 2.08 bits per heavy atom. The predicted octanol–water partition coefficient (Wildman–Crippen LogP) is -2.62. The number of aromatic nitrogens is 2. The molecule has 2 aliphatic heterocycles. The van der Waals surface area contributed by atoms with Crippen molar-refractivity contribution in [1.29, 1.82) is 0 Å². The maximum atomic E-state index is 12.1. The van der Waals surface area contributed by atoms with Crippen molar-refractivity contribution in [2.45, 2.75) is 31.0 Å². The molecule has 3 heterocycles. The van der Waals surface area contributed by atoms with E-state index in [1.54, 1.807) is 0 Å². The minimum Gasteiger partial charge on any atom is -0.460 e. The Morgan fingerprint density at radius 1 is 1.42 bits per heavy atom. The van der Waals surface area contributed by atoms with Gasteiger partial charge in [0.1, 0.15) is 18.8 Å². The number of esters is 1. The van der Waals surface area contributed by atoms with Crippen LogP contribution < -0.4 is 11.2 Å². The van der Waals surface area contributed by atoms with E-state index in [1.807, 2.05) is 4.98 Å². The lowest BCUT2D eigenvalue weighted by molar-refractivity contribution is -0.159. The van der Waals surface area contributed by atoms with Gasteiger partial charge in [-0.25, -0.2) is 13.8 Å². The standard InChI is InChI=1S/C12H14N2O9S/c1-5-3-14(11(18)13-8(5)16)9-7(15)12(23-24(2,19)20)6(22-9)4-21-10(12)17/h3,6-7,9,15H,4H2,1-2H3,(H,13,16,18)/t6-,7+,9-,12-/m1/s1. The van der Waals surface area contributed by atoms with E-state index in [0.29, 0.717) is 6.26 Å². The maximum Gasteiger partial charge on any atom is 0.345 e. The van der Waals surface area contributed by atoms with Gasteiger partial charge in [0.2, 0.25) is 5.60 Å². The molecule has 12 heteroatoms. The second kappa shape index (κ2) is 5.24. The molecule has 4 atom stereocenters. The van der Waals surface area contributed by atoms with Gasteiger partial charge in [0.15, 0.2) is 6.23 Å². The molecule has 3 rings (SSSR count). The highest BCUT2D eigenvalue weighted by Crippen LogP contribution is 2.44. The van der Waals surface area contributed by atoms with Crippen LogP contribution in [0, 0.1) is 6.92 Å². The number of aromatic amines is 1. The summed E-state index contributed by atoms with van der Waals surface area (Å²) in [7, 11) is -4.15. The molecule has 0 unspecified atom stereocenters. The summed E-state index contributed by atoms with van der Waals surface area (Å²) in [6, 6.07) is 0. The first-order chi connectivity index (χ1) is 11.1. The number of carbonyl (C=O) groups is 1. The van der Waals surface area contributed by atoms with Gasteiger partial charge in [-0.3, -0.25) is 14.3 Å². The lowest BCUT2D eigenvalue weighted by atomic mass is 9.94. The first-order valence-corrected chi connectivity index (χ1v) is 8.61. The SMILES string of the molecule is Cc1cn([C@@H]2O[C@@H]3COC(=O)[C@]3(OS(C)(=O)=O)[C@H]2O)c(=O)[nH]c1=O. The summed E-state index contributed by atoms with van der Waals surface area (Å²) in [5.41, 5.74) is -3.66. The monoisotopic (exact) mass is 362 g/mol. The van der Waals surface area contributed by atoms with Gasteiger partial charge in [-0.05, 0) is 6.92 Å². The fraction of sp³-hybridized carbons (Fsp3) is 0.583. The lowest BCUT2D eigenvalue weighted by Gasteiger charge is -2.26. The van der Waals surface area contributed by atoms with E-state index in [4.69, 9.17) is 13.7 Å². The Morgan fingerprint density at radius 3 is 2.71 bits per heavy atom. The number of carbonyl (C=O) groups excluding carboxylic acids is 1. The van der Waals surface area contributed by atoms with Crippen molar-refractivity contribution < 1.29 is 32.0 Å². The maximum absolute atomic E-state index is 12.1. The summed E-state index contributed by atoms with van der Waals surface area (Å²) >= 11 is 0. The summed E-state index contributed by atoms with van der Waals surface area (Å²) in [5, 5.41) is 10.5. The third kappa shape index (κ3) is 2.38. The molecule has 0 saturated carbocycles. The van der Waals surface area contributed by atoms with Crippen LogP contribution in [0.15, 0.2) is 15.8 Å². The number of nitrogens with one attached hydrogen (secondary N) is 1. The fourth-order valence-electron chi connectivity index (χ4n) is 2.81. The molecule has 0 amide bonds. The highest BCUT2D eigenvalue weighted by molar-refractivity contribution is 7.86. The van der Waals surface area contributed by atoms with Crippen LogP contribution in [-0.4, -0.2) is 59.7 Å². The van der Waals surface area contributed by atoms with Crippen molar-refractivity contribution in [3.8, 4) is 0 Å². The number of hydrogen-bond donors (Lipinski definition) is 2. The second-order valence-electron chi connectivity index (χ2n) is 5.62. The number of nitrogens with zero attached hydrogens (tertiary/aromatic N) is 1. The molecule has 2 N–H and O–H groups in total. The molecule has 11 nitrogen and oxygen atoms in total. The zero-order valence-electron chi connectivity index (χ0n) is 12.6. The van der Waals surface area contributed by atoms with Gasteiger partial charge in [-0.1, -0.05) is 0 Å². The van der Waals surface area contributed by atoms with Crippen LogP contribution in [0.4, 0.5) is 0 Å². The molecule has 0 bridgehead atoms. The lowest BCUT2D eigenvalue weighted by Crippen LogP contribution is -2.54. The number of fused-ring (bicyclic) bond motifs is 1. The van der Waals surface area contributed by atoms with Crippen LogP contribution >= 0.6 is 0 Å². The highest BCUT2D eigenvalue weighted by atomic mass is 32.2. The van der Waals surface area contributed by atoms with Crippen LogP contribution in [0.3, 0.4) is 0 Å². The van der Waals surface area contributed by atoms with Gasteiger partial charge < -0.3 is 14.6 Å². The van der Waals surface area contributed by atoms with Crippen LogP contribution in [-0.2, 0) is 28.6 Å². The molecule has 2 saturated heterocycles. The Labute approximate surface area is 134 Å². The van der Waals surface area contributed by atoms with Crippen LogP contribution in [0.25, 0.3) is 0 Å². The summed E-state index contributed by atoms with van der Waals surface area (Å²) in [6.45, 7) is 1.08. The van der Waals surface area contributed by atoms with Crippen molar-refractivity contribution in [3.05, 3.63) is 32.6 Å². The van der Waals surface area contributed by atoms with E-state index in [9.17, 15) is 27.9 Å². The molecule has 132 valence electrons. The minimum absolute atomic E-state index is 0.156. The van der Waals surface area contributed by atoms with Crippen LogP contribution in [0.5, 0.6) is 0 Å². The second-order valence-corrected chi connectivity index (χ2v) is 7.19. The average molecular weight is 362 g/mol. The molecule has 0 aromatic carbocycles. The smallest absolute Gasteiger partial charge is 0.345 e. The van der Waals surface area contributed by atoms with E-state index in [2.05, 4.69) is 0 Å². The number of cyclic esters (lactones) is 1. The number of aliphatic hydroxyl groups is 1.